The first-order chi connectivity index (χ1) is 14.3. The number of carbonyl (C=O) groups excluding carboxylic acids is 2. The zero-order valence-corrected chi connectivity index (χ0v) is 17.5. The van der Waals surface area contributed by atoms with Crippen LogP contribution in [0.4, 0.5) is 21.0 Å². The second-order valence-electron chi connectivity index (χ2n) is 8.86. The minimum atomic E-state index is -1.34. The van der Waals surface area contributed by atoms with Gasteiger partial charge in [0.15, 0.2) is 0 Å². The van der Waals surface area contributed by atoms with E-state index in [0.717, 1.165) is 11.3 Å². The van der Waals surface area contributed by atoms with Crippen LogP contribution in [-0.2, 0) is 9.47 Å². The number of para-hydroxylation sites is 2. The molecule has 0 bridgehead atoms. The van der Waals surface area contributed by atoms with E-state index in [2.05, 4.69) is 5.32 Å². The van der Waals surface area contributed by atoms with E-state index in [0.29, 0.717) is 12.3 Å². The van der Waals surface area contributed by atoms with Crippen molar-refractivity contribution in [3.63, 3.8) is 0 Å². The molecule has 3 aliphatic heterocycles. The molecular weight excluding hydrogens is 382 g/mol. The summed E-state index contributed by atoms with van der Waals surface area (Å²) >= 11 is 0. The molecule has 0 radical (unpaired) electrons. The molecule has 1 N–H and O–H groups in total. The molecule has 2 aromatic rings. The van der Waals surface area contributed by atoms with E-state index in [4.69, 9.17) is 9.47 Å². The number of ether oxygens (including phenoxy) is 2. The highest BCUT2D eigenvalue weighted by Gasteiger charge is 2.84. The number of nitrogens with one attached hydrogen (secondary N) is 1. The summed E-state index contributed by atoms with van der Waals surface area (Å²) in [5.74, 6) is 0. The third-order valence-corrected chi connectivity index (χ3v) is 6.30. The van der Waals surface area contributed by atoms with Crippen LogP contribution in [0.3, 0.4) is 0 Å². The molecule has 2 aromatic carbocycles. The predicted molar refractivity (Wildman–Crippen MR) is 112 cm³/mol. The predicted octanol–water partition coefficient (Wildman–Crippen LogP) is 4.40. The molecule has 3 aliphatic rings. The van der Waals surface area contributed by atoms with E-state index in [9.17, 15) is 9.59 Å². The van der Waals surface area contributed by atoms with E-state index in [1.54, 1.807) is 9.80 Å². The highest BCUT2D eigenvalue weighted by molar-refractivity contribution is 6.13. The maximum atomic E-state index is 14.0. The molecule has 0 aliphatic carbocycles. The SMILES string of the molecule is CCO[C@@H]1c2ccccc2N2C(=O)N(c3ccccc3)[C@]3(C(C)(C)C)OC(=O)N[C@]123. The molecule has 3 amide bonds. The Hall–Kier alpha value is -3.06. The molecule has 3 atom stereocenters. The van der Waals surface area contributed by atoms with E-state index in [-0.39, 0.29) is 6.03 Å². The van der Waals surface area contributed by atoms with Crippen LogP contribution in [0.15, 0.2) is 54.6 Å². The molecule has 1 spiro atoms. The van der Waals surface area contributed by atoms with Gasteiger partial charge in [0.1, 0.15) is 6.10 Å². The normalized spacial score (nSPS) is 29.4. The summed E-state index contributed by atoms with van der Waals surface area (Å²) in [5.41, 5.74) is -0.985. The van der Waals surface area contributed by atoms with Crippen molar-refractivity contribution < 1.29 is 19.1 Å². The van der Waals surface area contributed by atoms with E-state index >= 15 is 0 Å². The van der Waals surface area contributed by atoms with Gasteiger partial charge in [-0.05, 0) is 25.1 Å². The summed E-state index contributed by atoms with van der Waals surface area (Å²) in [6.07, 6.45) is -1.15. The second-order valence-corrected chi connectivity index (χ2v) is 8.86. The van der Waals surface area contributed by atoms with Gasteiger partial charge in [0.05, 0.1) is 5.69 Å². The Morgan fingerprint density at radius 3 is 2.37 bits per heavy atom. The fraction of sp³-hybridized carbons (Fsp3) is 0.391. The number of rotatable bonds is 3. The summed E-state index contributed by atoms with van der Waals surface area (Å²) in [5, 5.41) is 3.03. The second kappa shape index (κ2) is 5.98. The monoisotopic (exact) mass is 407 g/mol. The van der Waals surface area contributed by atoms with Gasteiger partial charge in [-0.25, -0.2) is 14.5 Å². The number of hydrogen-bond donors (Lipinski definition) is 1. The Labute approximate surface area is 175 Å². The third-order valence-electron chi connectivity index (χ3n) is 6.30. The highest BCUT2D eigenvalue weighted by atomic mass is 16.6. The van der Waals surface area contributed by atoms with Crippen molar-refractivity contribution in [3.05, 3.63) is 60.2 Å². The Kier molecular flexibility index (Phi) is 3.78. The molecule has 156 valence electrons. The van der Waals surface area contributed by atoms with Gasteiger partial charge >= 0.3 is 12.1 Å². The molecule has 0 unspecified atom stereocenters. The average molecular weight is 407 g/mol. The molecule has 5 rings (SSSR count). The fourth-order valence-corrected chi connectivity index (χ4v) is 5.38. The standard InChI is InChI=1S/C23H25N3O4/c1-5-29-18-16-13-9-10-14-17(16)26-20(28)25(15-11-7-6-8-12-15)23(21(2,3)4)22(18,26)24-19(27)30-23/h6-14,18H,5H2,1-4H3,(H,24,27)/t18-,22-,23-/m1/s1. The van der Waals surface area contributed by atoms with Crippen LogP contribution in [0, 0.1) is 5.41 Å². The zero-order valence-electron chi connectivity index (χ0n) is 17.5. The van der Waals surface area contributed by atoms with Crippen LogP contribution in [0.1, 0.15) is 39.4 Å². The lowest BCUT2D eigenvalue weighted by atomic mass is 9.72. The van der Waals surface area contributed by atoms with Crippen LogP contribution in [-0.4, -0.2) is 30.1 Å². The Morgan fingerprint density at radius 2 is 1.70 bits per heavy atom. The topological polar surface area (TPSA) is 71.1 Å². The summed E-state index contributed by atoms with van der Waals surface area (Å²) in [7, 11) is 0. The lowest BCUT2D eigenvalue weighted by Gasteiger charge is -2.49. The smallest absolute Gasteiger partial charge is 0.411 e. The van der Waals surface area contributed by atoms with Gasteiger partial charge in [0, 0.05) is 23.3 Å². The van der Waals surface area contributed by atoms with Gasteiger partial charge in [-0.2, -0.15) is 0 Å². The molecule has 2 fully saturated rings. The van der Waals surface area contributed by atoms with E-state index in [1.807, 2.05) is 82.3 Å². The number of benzene rings is 2. The Balaban J connectivity index is 1.87. The van der Waals surface area contributed by atoms with Crippen molar-refractivity contribution in [2.45, 2.75) is 45.2 Å². The zero-order chi connectivity index (χ0) is 21.3. The highest BCUT2D eigenvalue weighted by Crippen LogP contribution is 2.65. The summed E-state index contributed by atoms with van der Waals surface area (Å²) in [4.78, 5) is 30.2. The molecule has 0 saturated carbocycles. The first kappa shape index (κ1) is 18.9. The molecule has 0 aromatic heterocycles. The van der Waals surface area contributed by atoms with Crippen LogP contribution in [0.25, 0.3) is 0 Å². The molecule has 30 heavy (non-hydrogen) atoms. The number of hydrogen-bond acceptors (Lipinski definition) is 4. The number of nitrogens with zero attached hydrogens (tertiary/aromatic N) is 2. The number of anilines is 2. The number of carbonyl (C=O) groups is 2. The molecule has 3 heterocycles. The summed E-state index contributed by atoms with van der Waals surface area (Å²) < 4.78 is 12.4. The van der Waals surface area contributed by atoms with Gasteiger partial charge in [-0.3, -0.25) is 10.2 Å². The van der Waals surface area contributed by atoms with Gasteiger partial charge in [-0.15, -0.1) is 0 Å². The van der Waals surface area contributed by atoms with Gasteiger partial charge in [0.2, 0.25) is 11.4 Å². The lowest BCUT2D eigenvalue weighted by molar-refractivity contribution is -0.113. The quantitative estimate of drug-likeness (QED) is 0.819. The van der Waals surface area contributed by atoms with Crippen molar-refractivity contribution >= 4 is 23.5 Å². The first-order valence-electron chi connectivity index (χ1n) is 10.2. The fourth-order valence-electron chi connectivity index (χ4n) is 5.38. The van der Waals surface area contributed by atoms with Crippen LogP contribution in [0.5, 0.6) is 0 Å². The van der Waals surface area contributed by atoms with Gasteiger partial charge in [0.25, 0.3) is 0 Å². The maximum Gasteiger partial charge on any atom is 0.411 e. The minimum absolute atomic E-state index is 0.259. The minimum Gasteiger partial charge on any atom is -0.417 e. The third kappa shape index (κ3) is 1.98. The molecule has 7 nitrogen and oxygen atoms in total. The summed E-state index contributed by atoms with van der Waals surface area (Å²) in [6.45, 7) is 8.27. The van der Waals surface area contributed by atoms with Crippen molar-refractivity contribution in [3.8, 4) is 0 Å². The number of fused-ring (bicyclic) bond motifs is 2. The molecular formula is C23H25N3O4. The number of alkyl carbamates (subject to hydrolysis) is 1. The van der Waals surface area contributed by atoms with Crippen molar-refractivity contribution in [1.29, 1.82) is 0 Å². The largest absolute Gasteiger partial charge is 0.417 e. The number of urea groups is 1. The van der Waals surface area contributed by atoms with Gasteiger partial charge < -0.3 is 9.47 Å². The van der Waals surface area contributed by atoms with Crippen LogP contribution >= 0.6 is 0 Å². The Morgan fingerprint density at radius 1 is 1.03 bits per heavy atom. The number of amides is 3. The van der Waals surface area contributed by atoms with Crippen LogP contribution in [0.2, 0.25) is 0 Å². The Bertz CT molecular complexity index is 1030. The first-order valence-corrected chi connectivity index (χ1v) is 10.2. The van der Waals surface area contributed by atoms with Crippen molar-refractivity contribution in [2.75, 3.05) is 16.4 Å². The van der Waals surface area contributed by atoms with E-state index in [1.165, 1.54) is 0 Å². The average Bonchev–Trinajstić information content (AvgIpc) is 3.23. The van der Waals surface area contributed by atoms with Crippen molar-refractivity contribution in [2.24, 2.45) is 5.41 Å². The lowest BCUT2D eigenvalue weighted by Crippen LogP contribution is -2.71. The molecule has 7 heteroatoms. The molecule has 2 saturated heterocycles. The summed E-state index contributed by atoms with van der Waals surface area (Å²) in [6, 6.07) is 16.7. The van der Waals surface area contributed by atoms with E-state index < -0.39 is 29.0 Å². The van der Waals surface area contributed by atoms with Crippen LogP contribution < -0.4 is 15.1 Å². The van der Waals surface area contributed by atoms with Gasteiger partial charge in [-0.1, -0.05) is 57.2 Å². The van der Waals surface area contributed by atoms with Crippen molar-refractivity contribution in [1.82, 2.24) is 5.32 Å². The maximum absolute atomic E-state index is 14.0.